The molecule has 4 aromatic rings. The summed E-state index contributed by atoms with van der Waals surface area (Å²) >= 11 is 0. The van der Waals surface area contributed by atoms with Crippen LogP contribution in [0.1, 0.15) is 24.4 Å². The second-order valence-corrected chi connectivity index (χ2v) is 5.16. The van der Waals surface area contributed by atoms with E-state index in [0.717, 1.165) is 22.2 Å². The Balaban J connectivity index is 1.88. The van der Waals surface area contributed by atoms with Crippen LogP contribution >= 0.6 is 0 Å². The van der Waals surface area contributed by atoms with E-state index >= 15 is 0 Å². The summed E-state index contributed by atoms with van der Waals surface area (Å²) in [7, 11) is 1.86. The first-order valence-electron chi connectivity index (χ1n) is 6.67. The van der Waals surface area contributed by atoms with E-state index in [1.807, 2.05) is 38.0 Å². The van der Waals surface area contributed by atoms with E-state index in [9.17, 15) is 0 Å². The van der Waals surface area contributed by atoms with E-state index in [0.29, 0.717) is 5.82 Å². The zero-order valence-corrected chi connectivity index (χ0v) is 12.0. The maximum atomic E-state index is 4.64. The van der Waals surface area contributed by atoms with E-state index in [-0.39, 0.29) is 6.04 Å². The molecule has 0 aliphatic carbocycles. The lowest BCUT2D eigenvalue weighted by atomic mass is 10.3. The quantitative estimate of drug-likeness (QED) is 0.550. The molecule has 0 aliphatic rings. The molecule has 4 heterocycles. The molecule has 0 saturated heterocycles. The van der Waals surface area contributed by atoms with Crippen molar-refractivity contribution < 1.29 is 0 Å². The van der Waals surface area contributed by atoms with Crippen LogP contribution in [-0.4, -0.2) is 39.1 Å². The average Bonchev–Trinajstić information content (AvgIpc) is 3.16. The van der Waals surface area contributed by atoms with Crippen LogP contribution < -0.4 is 0 Å². The Morgan fingerprint density at radius 3 is 2.76 bits per heavy atom. The Hall–Kier alpha value is -2.77. The topological polar surface area (TPSA) is 78.7 Å². The van der Waals surface area contributed by atoms with Crippen molar-refractivity contribution in [3.63, 3.8) is 0 Å². The third-order valence-corrected chi connectivity index (χ3v) is 3.59. The first-order chi connectivity index (χ1) is 10.1. The second kappa shape index (κ2) is 4.11. The molecule has 0 aliphatic heterocycles. The Labute approximate surface area is 120 Å². The van der Waals surface area contributed by atoms with Gasteiger partial charge in [0.1, 0.15) is 12.4 Å². The predicted octanol–water partition coefficient (Wildman–Crippen LogP) is 1.13. The molecule has 0 N–H and O–H groups in total. The normalized spacial score (nSPS) is 13.3. The lowest BCUT2D eigenvalue weighted by molar-refractivity contribution is 0.536. The molecule has 4 aromatic heterocycles. The monoisotopic (exact) mass is 282 g/mol. The van der Waals surface area contributed by atoms with Crippen LogP contribution in [0.5, 0.6) is 0 Å². The summed E-state index contributed by atoms with van der Waals surface area (Å²) in [5.74, 6) is 0.705. The predicted molar refractivity (Wildman–Crippen MR) is 75.8 cm³/mol. The fraction of sp³-hybridized carbons (Fsp3) is 0.308. The first-order valence-corrected chi connectivity index (χ1v) is 6.67. The minimum Gasteiger partial charge on any atom is -0.262 e. The molecule has 0 fully saturated rings. The fourth-order valence-electron chi connectivity index (χ4n) is 2.40. The van der Waals surface area contributed by atoms with Gasteiger partial charge in [-0.2, -0.15) is 10.2 Å². The molecule has 1 atom stereocenters. The molecule has 0 aromatic carbocycles. The van der Waals surface area contributed by atoms with Gasteiger partial charge in [-0.3, -0.25) is 9.36 Å². The van der Waals surface area contributed by atoms with Crippen molar-refractivity contribution in [1.29, 1.82) is 0 Å². The lowest BCUT2D eigenvalue weighted by Crippen LogP contribution is -2.09. The van der Waals surface area contributed by atoms with Gasteiger partial charge in [0.25, 0.3) is 0 Å². The number of nitrogens with zero attached hydrogens (tertiary/aromatic N) is 8. The van der Waals surface area contributed by atoms with Crippen molar-refractivity contribution in [2.24, 2.45) is 7.05 Å². The Kier molecular flexibility index (Phi) is 2.35. The number of rotatable bonds is 2. The number of aromatic nitrogens is 8. The standard InChI is InChI=1S/C13H14N8/c1-8-4-16-20(6-8)9(2)11-17-13-10-5-15-19(3)12(10)14-7-21(13)18-11/h4-7,9H,1-3H3. The van der Waals surface area contributed by atoms with Crippen molar-refractivity contribution in [3.8, 4) is 0 Å². The van der Waals surface area contributed by atoms with Gasteiger partial charge < -0.3 is 0 Å². The highest BCUT2D eigenvalue weighted by Crippen LogP contribution is 2.19. The SMILES string of the molecule is Cc1cnn(C(C)c2nc3c4cnn(C)c4ncn3n2)c1. The Morgan fingerprint density at radius 2 is 2.00 bits per heavy atom. The van der Waals surface area contributed by atoms with Gasteiger partial charge >= 0.3 is 0 Å². The van der Waals surface area contributed by atoms with Crippen LogP contribution in [0.2, 0.25) is 0 Å². The van der Waals surface area contributed by atoms with Gasteiger partial charge in [0.2, 0.25) is 0 Å². The highest BCUT2D eigenvalue weighted by Gasteiger charge is 2.17. The molecule has 0 bridgehead atoms. The average molecular weight is 282 g/mol. The molecule has 0 saturated carbocycles. The molecule has 8 nitrogen and oxygen atoms in total. The molecular weight excluding hydrogens is 268 g/mol. The van der Waals surface area contributed by atoms with E-state index in [2.05, 4.69) is 25.3 Å². The van der Waals surface area contributed by atoms with E-state index in [1.54, 1.807) is 21.7 Å². The van der Waals surface area contributed by atoms with Crippen molar-refractivity contribution >= 4 is 16.7 Å². The molecule has 0 radical (unpaired) electrons. The van der Waals surface area contributed by atoms with Crippen LogP contribution in [-0.2, 0) is 7.05 Å². The third kappa shape index (κ3) is 1.72. The van der Waals surface area contributed by atoms with E-state index in [1.165, 1.54) is 0 Å². The number of hydrogen-bond acceptors (Lipinski definition) is 5. The fourth-order valence-corrected chi connectivity index (χ4v) is 2.40. The second-order valence-electron chi connectivity index (χ2n) is 5.16. The number of fused-ring (bicyclic) bond motifs is 3. The Morgan fingerprint density at radius 1 is 1.14 bits per heavy atom. The minimum atomic E-state index is -0.0367. The van der Waals surface area contributed by atoms with Crippen LogP contribution in [0.4, 0.5) is 0 Å². The highest BCUT2D eigenvalue weighted by atomic mass is 15.4. The zero-order chi connectivity index (χ0) is 14.6. The molecule has 106 valence electrons. The summed E-state index contributed by atoms with van der Waals surface area (Å²) in [5, 5.41) is 13.9. The van der Waals surface area contributed by atoms with Crippen LogP contribution in [0.15, 0.2) is 24.9 Å². The molecular formula is C13H14N8. The summed E-state index contributed by atoms with van der Waals surface area (Å²) < 4.78 is 5.27. The van der Waals surface area contributed by atoms with Gasteiger partial charge in [-0.1, -0.05) is 0 Å². The molecule has 21 heavy (non-hydrogen) atoms. The minimum absolute atomic E-state index is 0.0367. The van der Waals surface area contributed by atoms with Crippen molar-refractivity contribution in [2.45, 2.75) is 19.9 Å². The number of hydrogen-bond donors (Lipinski definition) is 0. The van der Waals surface area contributed by atoms with Crippen molar-refractivity contribution in [2.75, 3.05) is 0 Å². The maximum Gasteiger partial charge on any atom is 0.176 e. The van der Waals surface area contributed by atoms with Gasteiger partial charge in [-0.15, -0.1) is 5.10 Å². The summed E-state index contributed by atoms with van der Waals surface area (Å²) in [6.07, 6.45) is 7.23. The van der Waals surface area contributed by atoms with Crippen LogP contribution in [0.3, 0.4) is 0 Å². The Bertz CT molecular complexity index is 944. The van der Waals surface area contributed by atoms with E-state index in [4.69, 9.17) is 0 Å². The molecule has 8 heteroatoms. The van der Waals surface area contributed by atoms with Crippen molar-refractivity contribution in [1.82, 2.24) is 39.1 Å². The third-order valence-electron chi connectivity index (χ3n) is 3.59. The molecule has 4 rings (SSSR count). The summed E-state index contributed by atoms with van der Waals surface area (Å²) in [5.41, 5.74) is 2.67. The van der Waals surface area contributed by atoms with Gasteiger partial charge in [0.05, 0.1) is 17.8 Å². The van der Waals surface area contributed by atoms with Gasteiger partial charge in [-0.25, -0.2) is 14.5 Å². The smallest absolute Gasteiger partial charge is 0.176 e. The molecule has 1 unspecified atom stereocenters. The maximum absolute atomic E-state index is 4.64. The first kappa shape index (κ1) is 12.0. The van der Waals surface area contributed by atoms with Crippen molar-refractivity contribution in [3.05, 3.63) is 36.3 Å². The summed E-state index contributed by atoms with van der Waals surface area (Å²) in [4.78, 5) is 8.99. The summed E-state index contributed by atoms with van der Waals surface area (Å²) in [6.45, 7) is 4.03. The van der Waals surface area contributed by atoms with Gasteiger partial charge in [0, 0.05) is 13.2 Å². The van der Waals surface area contributed by atoms with Crippen LogP contribution in [0, 0.1) is 6.92 Å². The van der Waals surface area contributed by atoms with Gasteiger partial charge in [0.15, 0.2) is 17.1 Å². The summed E-state index contributed by atoms with van der Waals surface area (Å²) in [6, 6.07) is -0.0367. The van der Waals surface area contributed by atoms with Gasteiger partial charge in [-0.05, 0) is 19.4 Å². The molecule has 0 amide bonds. The van der Waals surface area contributed by atoms with Crippen LogP contribution in [0.25, 0.3) is 16.7 Å². The molecule has 0 spiro atoms. The largest absolute Gasteiger partial charge is 0.262 e. The number of aryl methyl sites for hydroxylation is 2. The zero-order valence-electron chi connectivity index (χ0n) is 12.0. The van der Waals surface area contributed by atoms with E-state index < -0.39 is 0 Å². The lowest BCUT2D eigenvalue weighted by Gasteiger charge is -2.06. The highest BCUT2D eigenvalue weighted by molar-refractivity contribution is 5.88.